The van der Waals surface area contributed by atoms with E-state index in [0.717, 1.165) is 18.3 Å². The molecule has 0 rings (SSSR count). The van der Waals surface area contributed by atoms with Crippen LogP contribution in [0.4, 0.5) is 0 Å². The SMILES string of the molecule is C\C=C/C(=C\C=C\CC(C)C)C(C)C=O. The third-order valence-electron chi connectivity index (χ3n) is 2.12. The molecule has 0 radical (unpaired) electrons. The molecule has 84 valence electrons. The Morgan fingerprint density at radius 1 is 1.27 bits per heavy atom. The number of carbonyl (C=O) groups excluding carboxylic acids is 1. The van der Waals surface area contributed by atoms with Gasteiger partial charge in [0.15, 0.2) is 0 Å². The number of rotatable bonds is 6. The van der Waals surface area contributed by atoms with Crippen LogP contribution in [-0.2, 0) is 4.79 Å². The van der Waals surface area contributed by atoms with Crippen LogP contribution in [-0.4, -0.2) is 6.29 Å². The van der Waals surface area contributed by atoms with E-state index < -0.39 is 0 Å². The zero-order valence-electron chi connectivity index (χ0n) is 10.2. The maximum atomic E-state index is 10.7. The highest BCUT2D eigenvalue weighted by Crippen LogP contribution is 2.10. The van der Waals surface area contributed by atoms with Gasteiger partial charge in [0.05, 0.1) is 0 Å². The van der Waals surface area contributed by atoms with E-state index >= 15 is 0 Å². The van der Waals surface area contributed by atoms with Gasteiger partial charge in [-0.1, -0.05) is 51.2 Å². The summed E-state index contributed by atoms with van der Waals surface area (Å²) in [7, 11) is 0. The van der Waals surface area contributed by atoms with Crippen molar-refractivity contribution in [2.45, 2.75) is 34.1 Å². The highest BCUT2D eigenvalue weighted by Gasteiger charge is 2.01. The van der Waals surface area contributed by atoms with Crippen LogP contribution in [0.3, 0.4) is 0 Å². The molecule has 0 fully saturated rings. The number of hydrogen-bond donors (Lipinski definition) is 0. The van der Waals surface area contributed by atoms with E-state index in [4.69, 9.17) is 0 Å². The molecule has 0 aliphatic carbocycles. The summed E-state index contributed by atoms with van der Waals surface area (Å²) in [6.45, 7) is 8.25. The fourth-order valence-corrected chi connectivity index (χ4v) is 1.16. The fraction of sp³-hybridized carbons (Fsp3) is 0.500. The molecule has 1 unspecified atom stereocenters. The van der Waals surface area contributed by atoms with Gasteiger partial charge in [0, 0.05) is 5.92 Å². The molecule has 0 saturated heterocycles. The molecule has 0 saturated carbocycles. The summed E-state index contributed by atoms with van der Waals surface area (Å²) in [5, 5.41) is 0. The van der Waals surface area contributed by atoms with Gasteiger partial charge in [0.25, 0.3) is 0 Å². The van der Waals surface area contributed by atoms with Crippen molar-refractivity contribution in [2.24, 2.45) is 11.8 Å². The molecule has 0 aromatic carbocycles. The Morgan fingerprint density at radius 2 is 1.93 bits per heavy atom. The quantitative estimate of drug-likeness (QED) is 0.475. The molecule has 0 aliphatic rings. The van der Waals surface area contributed by atoms with Crippen LogP contribution in [0.15, 0.2) is 36.0 Å². The Bertz CT molecular complexity index is 257. The maximum absolute atomic E-state index is 10.7. The average molecular weight is 206 g/mol. The highest BCUT2D eigenvalue weighted by molar-refractivity contribution is 5.60. The van der Waals surface area contributed by atoms with Crippen molar-refractivity contribution >= 4 is 6.29 Å². The zero-order valence-corrected chi connectivity index (χ0v) is 10.2. The first-order chi connectivity index (χ1) is 7.11. The Balaban J connectivity index is 4.42. The average Bonchev–Trinajstić information content (AvgIpc) is 2.21. The highest BCUT2D eigenvalue weighted by atomic mass is 16.1. The summed E-state index contributed by atoms with van der Waals surface area (Å²) in [6.07, 6.45) is 12.2. The van der Waals surface area contributed by atoms with Crippen LogP contribution in [0.5, 0.6) is 0 Å². The van der Waals surface area contributed by atoms with Gasteiger partial charge in [-0.2, -0.15) is 0 Å². The van der Waals surface area contributed by atoms with Crippen LogP contribution in [0.1, 0.15) is 34.1 Å². The van der Waals surface area contributed by atoms with Gasteiger partial charge in [-0.05, 0) is 24.8 Å². The Labute approximate surface area is 93.6 Å². The summed E-state index contributed by atoms with van der Waals surface area (Å²) in [6, 6.07) is 0. The lowest BCUT2D eigenvalue weighted by atomic mass is 10.0. The molecule has 1 heteroatoms. The Hall–Kier alpha value is -1.11. The first-order valence-electron chi connectivity index (χ1n) is 5.56. The maximum Gasteiger partial charge on any atom is 0.127 e. The molecule has 0 heterocycles. The standard InChI is InChI=1S/C14H22O/c1-5-8-14(13(4)11-15)10-7-6-9-12(2)3/h5-8,10-13H,9H2,1-4H3/b7-6+,8-5-,14-10+. The van der Waals surface area contributed by atoms with E-state index in [9.17, 15) is 4.79 Å². The number of carbonyl (C=O) groups is 1. The predicted molar refractivity (Wildman–Crippen MR) is 66.7 cm³/mol. The summed E-state index contributed by atoms with van der Waals surface area (Å²) in [5.41, 5.74) is 1.06. The second kappa shape index (κ2) is 8.22. The van der Waals surface area contributed by atoms with Crippen LogP contribution in [0.25, 0.3) is 0 Å². The molecule has 0 amide bonds. The van der Waals surface area contributed by atoms with Crippen molar-refractivity contribution < 1.29 is 4.79 Å². The number of aldehydes is 1. The molecule has 0 N–H and O–H groups in total. The van der Waals surface area contributed by atoms with Gasteiger partial charge in [-0.3, -0.25) is 0 Å². The molecular formula is C14H22O. The van der Waals surface area contributed by atoms with Crippen molar-refractivity contribution in [2.75, 3.05) is 0 Å². The summed E-state index contributed by atoms with van der Waals surface area (Å²) < 4.78 is 0. The van der Waals surface area contributed by atoms with Gasteiger partial charge >= 0.3 is 0 Å². The summed E-state index contributed by atoms with van der Waals surface area (Å²) in [4.78, 5) is 10.7. The molecule has 15 heavy (non-hydrogen) atoms. The number of allylic oxidation sites excluding steroid dienone is 6. The van der Waals surface area contributed by atoms with E-state index in [-0.39, 0.29) is 5.92 Å². The third-order valence-corrected chi connectivity index (χ3v) is 2.12. The van der Waals surface area contributed by atoms with Gasteiger partial charge < -0.3 is 4.79 Å². The van der Waals surface area contributed by atoms with Crippen LogP contribution >= 0.6 is 0 Å². The second-order valence-electron chi connectivity index (χ2n) is 4.15. The lowest BCUT2D eigenvalue weighted by molar-refractivity contribution is -0.109. The second-order valence-corrected chi connectivity index (χ2v) is 4.15. The van der Waals surface area contributed by atoms with E-state index in [1.807, 2.05) is 38.2 Å². The van der Waals surface area contributed by atoms with Crippen molar-refractivity contribution in [3.05, 3.63) is 36.0 Å². The van der Waals surface area contributed by atoms with Crippen molar-refractivity contribution in [1.82, 2.24) is 0 Å². The largest absolute Gasteiger partial charge is 0.303 e. The van der Waals surface area contributed by atoms with E-state index in [0.29, 0.717) is 5.92 Å². The van der Waals surface area contributed by atoms with E-state index in [2.05, 4.69) is 19.9 Å². The first kappa shape index (κ1) is 13.9. The Morgan fingerprint density at radius 3 is 2.40 bits per heavy atom. The van der Waals surface area contributed by atoms with Crippen LogP contribution < -0.4 is 0 Å². The van der Waals surface area contributed by atoms with E-state index in [1.54, 1.807) is 0 Å². The summed E-state index contributed by atoms with van der Waals surface area (Å²) in [5.74, 6) is 0.660. The molecule has 1 nitrogen and oxygen atoms in total. The van der Waals surface area contributed by atoms with Crippen molar-refractivity contribution in [1.29, 1.82) is 0 Å². The Kier molecular flexibility index (Phi) is 7.61. The minimum Gasteiger partial charge on any atom is -0.303 e. The van der Waals surface area contributed by atoms with Gasteiger partial charge in [0.1, 0.15) is 6.29 Å². The third kappa shape index (κ3) is 6.89. The van der Waals surface area contributed by atoms with Crippen LogP contribution in [0, 0.1) is 11.8 Å². The summed E-state index contributed by atoms with van der Waals surface area (Å²) >= 11 is 0. The molecule has 0 spiro atoms. The topological polar surface area (TPSA) is 17.1 Å². The van der Waals surface area contributed by atoms with Crippen LogP contribution in [0.2, 0.25) is 0 Å². The van der Waals surface area contributed by atoms with Gasteiger partial charge in [-0.15, -0.1) is 0 Å². The van der Waals surface area contributed by atoms with Gasteiger partial charge in [0.2, 0.25) is 0 Å². The lowest BCUT2D eigenvalue weighted by Gasteiger charge is -2.03. The smallest absolute Gasteiger partial charge is 0.127 e. The fourth-order valence-electron chi connectivity index (χ4n) is 1.16. The normalized spacial score (nSPS) is 15.4. The molecule has 0 bridgehead atoms. The molecule has 1 atom stereocenters. The molecule has 0 aliphatic heterocycles. The lowest BCUT2D eigenvalue weighted by Crippen LogP contribution is -1.97. The molecule has 0 aromatic heterocycles. The first-order valence-corrected chi connectivity index (χ1v) is 5.56. The minimum atomic E-state index is -0.0232. The minimum absolute atomic E-state index is 0.0232. The van der Waals surface area contributed by atoms with Gasteiger partial charge in [-0.25, -0.2) is 0 Å². The van der Waals surface area contributed by atoms with Crippen molar-refractivity contribution in [3.8, 4) is 0 Å². The monoisotopic (exact) mass is 206 g/mol. The zero-order chi connectivity index (χ0) is 11.7. The number of hydrogen-bond acceptors (Lipinski definition) is 1. The molecule has 0 aromatic rings. The van der Waals surface area contributed by atoms with Crippen molar-refractivity contribution in [3.63, 3.8) is 0 Å². The molecular weight excluding hydrogens is 184 g/mol. The van der Waals surface area contributed by atoms with E-state index in [1.165, 1.54) is 0 Å². The predicted octanol–water partition coefficient (Wildman–Crippen LogP) is 3.93.